The summed E-state index contributed by atoms with van der Waals surface area (Å²) in [4.78, 5) is 12.9. The second-order valence-electron chi connectivity index (χ2n) is 6.91. The summed E-state index contributed by atoms with van der Waals surface area (Å²) >= 11 is 0. The first-order valence-corrected chi connectivity index (χ1v) is 10.3. The predicted molar refractivity (Wildman–Crippen MR) is 113 cm³/mol. The zero-order chi connectivity index (χ0) is 21.6. The Morgan fingerprint density at radius 2 is 1.70 bits per heavy atom. The Balaban J connectivity index is 1.83. The molecule has 0 aromatic heterocycles. The number of hydrogen-bond donors (Lipinski definition) is 2. The van der Waals surface area contributed by atoms with Crippen LogP contribution in [0.5, 0.6) is 23.0 Å². The maximum absolute atomic E-state index is 12.9. The fraction of sp³-hybridized carbons (Fsp3) is 0.435. The van der Waals surface area contributed by atoms with Gasteiger partial charge in [-0.05, 0) is 39.0 Å². The van der Waals surface area contributed by atoms with Gasteiger partial charge in [-0.2, -0.15) is 0 Å². The molecule has 30 heavy (non-hydrogen) atoms. The third-order valence-electron chi connectivity index (χ3n) is 4.87. The van der Waals surface area contributed by atoms with E-state index < -0.39 is 5.60 Å². The van der Waals surface area contributed by atoms with Crippen LogP contribution in [0.1, 0.15) is 43.1 Å². The van der Waals surface area contributed by atoms with Gasteiger partial charge in [-0.15, -0.1) is 0 Å². The van der Waals surface area contributed by atoms with Crippen molar-refractivity contribution >= 4 is 5.91 Å². The molecule has 0 fully saturated rings. The van der Waals surface area contributed by atoms with E-state index in [0.717, 1.165) is 0 Å². The number of nitrogens with one attached hydrogen (secondary N) is 1. The highest BCUT2D eigenvalue weighted by Crippen LogP contribution is 2.39. The number of rotatable bonds is 9. The van der Waals surface area contributed by atoms with Crippen molar-refractivity contribution < 1.29 is 28.8 Å². The molecule has 0 spiro atoms. The number of benzene rings is 2. The van der Waals surface area contributed by atoms with Gasteiger partial charge in [0.2, 0.25) is 5.75 Å². The molecule has 0 bridgehead atoms. The molecule has 0 radical (unpaired) electrons. The SMILES string of the molecule is CCOc1cc(C(=O)NCC2(O)CCOc3ccccc32)cc(OCC)c1OCC. The summed E-state index contributed by atoms with van der Waals surface area (Å²) in [7, 11) is 0. The summed E-state index contributed by atoms with van der Waals surface area (Å²) < 4.78 is 22.6. The topological polar surface area (TPSA) is 86.3 Å². The van der Waals surface area contributed by atoms with Crippen molar-refractivity contribution in [3.8, 4) is 23.0 Å². The van der Waals surface area contributed by atoms with E-state index in [1.54, 1.807) is 12.1 Å². The minimum atomic E-state index is -1.19. The Bertz CT molecular complexity index is 857. The van der Waals surface area contributed by atoms with Crippen molar-refractivity contribution in [3.05, 3.63) is 47.5 Å². The van der Waals surface area contributed by atoms with Gasteiger partial charge in [0, 0.05) is 17.5 Å². The van der Waals surface area contributed by atoms with Gasteiger partial charge in [-0.1, -0.05) is 18.2 Å². The number of ether oxygens (including phenoxy) is 4. The molecule has 0 saturated heterocycles. The quantitative estimate of drug-likeness (QED) is 0.654. The minimum Gasteiger partial charge on any atom is -0.493 e. The van der Waals surface area contributed by atoms with Gasteiger partial charge in [0.1, 0.15) is 11.4 Å². The average Bonchev–Trinajstić information content (AvgIpc) is 2.75. The second-order valence-corrected chi connectivity index (χ2v) is 6.91. The lowest BCUT2D eigenvalue weighted by Gasteiger charge is -2.34. The van der Waals surface area contributed by atoms with Crippen molar-refractivity contribution in [2.75, 3.05) is 33.0 Å². The fourth-order valence-corrected chi connectivity index (χ4v) is 3.47. The zero-order valence-corrected chi connectivity index (χ0v) is 17.7. The molecule has 7 nitrogen and oxygen atoms in total. The van der Waals surface area contributed by atoms with E-state index in [1.807, 2.05) is 45.0 Å². The van der Waals surface area contributed by atoms with Gasteiger partial charge < -0.3 is 29.4 Å². The molecular weight excluding hydrogens is 386 g/mol. The first-order chi connectivity index (χ1) is 14.5. The van der Waals surface area contributed by atoms with Gasteiger partial charge >= 0.3 is 0 Å². The molecule has 1 heterocycles. The first-order valence-electron chi connectivity index (χ1n) is 10.3. The Hall–Kier alpha value is -2.93. The van der Waals surface area contributed by atoms with E-state index in [9.17, 15) is 9.90 Å². The molecule has 1 aliphatic heterocycles. The molecule has 2 aromatic carbocycles. The molecule has 1 atom stereocenters. The summed E-state index contributed by atoms with van der Waals surface area (Å²) in [6.45, 7) is 7.34. The first kappa shape index (κ1) is 21.8. The number of amides is 1. The van der Waals surface area contributed by atoms with Crippen molar-refractivity contribution in [1.29, 1.82) is 0 Å². The van der Waals surface area contributed by atoms with Crippen molar-refractivity contribution in [2.24, 2.45) is 0 Å². The van der Waals surface area contributed by atoms with Crippen molar-refractivity contribution in [2.45, 2.75) is 32.8 Å². The van der Waals surface area contributed by atoms with Crippen LogP contribution in [-0.4, -0.2) is 44.0 Å². The predicted octanol–water partition coefficient (Wildman–Crippen LogP) is 3.28. The van der Waals surface area contributed by atoms with Crippen LogP contribution in [0, 0.1) is 0 Å². The maximum atomic E-state index is 12.9. The number of carbonyl (C=O) groups excluding carboxylic acids is 1. The molecule has 162 valence electrons. The molecule has 1 amide bonds. The van der Waals surface area contributed by atoms with Crippen LogP contribution in [0.25, 0.3) is 0 Å². The number of hydrogen-bond acceptors (Lipinski definition) is 6. The standard InChI is InChI=1S/C23H29NO6/c1-4-27-19-13-16(14-20(28-5-2)21(19)29-6-3)22(25)24-15-23(26)11-12-30-18-10-8-7-9-17(18)23/h7-10,13-14,26H,4-6,11-12,15H2,1-3H3,(H,24,25). The Kier molecular flexibility index (Phi) is 7.05. The fourth-order valence-electron chi connectivity index (χ4n) is 3.47. The zero-order valence-electron chi connectivity index (χ0n) is 17.7. The molecule has 2 aromatic rings. The third-order valence-corrected chi connectivity index (χ3v) is 4.87. The van der Waals surface area contributed by atoms with Crippen LogP contribution in [0.2, 0.25) is 0 Å². The highest BCUT2D eigenvalue weighted by Gasteiger charge is 2.36. The third kappa shape index (κ3) is 4.62. The lowest BCUT2D eigenvalue weighted by molar-refractivity contribution is -0.00160. The monoisotopic (exact) mass is 415 g/mol. The summed E-state index contributed by atoms with van der Waals surface area (Å²) in [5.74, 6) is 1.68. The summed E-state index contributed by atoms with van der Waals surface area (Å²) in [6, 6.07) is 10.6. The van der Waals surface area contributed by atoms with Crippen molar-refractivity contribution in [1.82, 2.24) is 5.32 Å². The second kappa shape index (κ2) is 9.71. The largest absolute Gasteiger partial charge is 0.493 e. The van der Waals surface area contributed by atoms with E-state index >= 15 is 0 Å². The van der Waals surface area contributed by atoms with Crippen molar-refractivity contribution in [3.63, 3.8) is 0 Å². The molecule has 7 heteroatoms. The number of fused-ring (bicyclic) bond motifs is 1. The summed E-state index contributed by atoms with van der Waals surface area (Å²) in [6.07, 6.45) is 0.391. The van der Waals surface area contributed by atoms with Crippen LogP contribution >= 0.6 is 0 Å². The molecule has 0 saturated carbocycles. The molecule has 1 unspecified atom stereocenters. The summed E-state index contributed by atoms with van der Waals surface area (Å²) in [5.41, 5.74) is -0.149. The van der Waals surface area contributed by atoms with Crippen LogP contribution in [-0.2, 0) is 5.60 Å². The lowest BCUT2D eigenvalue weighted by atomic mass is 9.88. The number of carbonyl (C=O) groups is 1. The highest BCUT2D eigenvalue weighted by molar-refractivity contribution is 5.95. The minimum absolute atomic E-state index is 0.0629. The highest BCUT2D eigenvalue weighted by atomic mass is 16.5. The van der Waals surface area contributed by atoms with Crippen LogP contribution in [0.15, 0.2) is 36.4 Å². The molecule has 1 aliphatic rings. The van der Waals surface area contributed by atoms with Gasteiger partial charge in [0.25, 0.3) is 5.91 Å². The van der Waals surface area contributed by atoms with E-state index in [-0.39, 0.29) is 12.5 Å². The normalized spacial score (nSPS) is 17.5. The molecule has 3 rings (SSSR count). The summed E-state index contributed by atoms with van der Waals surface area (Å²) in [5, 5.41) is 14.0. The van der Waals surface area contributed by atoms with Crippen LogP contribution < -0.4 is 24.3 Å². The Morgan fingerprint density at radius 1 is 1.07 bits per heavy atom. The van der Waals surface area contributed by atoms with E-state index in [1.165, 1.54) is 0 Å². The number of aliphatic hydroxyl groups is 1. The van der Waals surface area contributed by atoms with Crippen LogP contribution in [0.3, 0.4) is 0 Å². The van der Waals surface area contributed by atoms with Gasteiger partial charge in [0.15, 0.2) is 11.5 Å². The smallest absolute Gasteiger partial charge is 0.251 e. The molecule has 0 aliphatic carbocycles. The average molecular weight is 415 g/mol. The van der Waals surface area contributed by atoms with Gasteiger partial charge in [0.05, 0.1) is 33.0 Å². The van der Waals surface area contributed by atoms with Gasteiger partial charge in [-0.25, -0.2) is 0 Å². The Labute approximate surface area is 176 Å². The number of para-hydroxylation sites is 1. The van der Waals surface area contributed by atoms with Gasteiger partial charge in [-0.3, -0.25) is 4.79 Å². The van der Waals surface area contributed by atoms with E-state index in [2.05, 4.69) is 5.32 Å². The van der Waals surface area contributed by atoms with Crippen LogP contribution in [0.4, 0.5) is 0 Å². The lowest BCUT2D eigenvalue weighted by Crippen LogP contribution is -2.43. The Morgan fingerprint density at radius 3 is 2.33 bits per heavy atom. The van der Waals surface area contributed by atoms with E-state index in [4.69, 9.17) is 18.9 Å². The van der Waals surface area contributed by atoms with E-state index in [0.29, 0.717) is 67.0 Å². The molecular formula is C23H29NO6. The molecule has 2 N–H and O–H groups in total. The maximum Gasteiger partial charge on any atom is 0.251 e.